The smallest absolute Gasteiger partial charge is 0.159 e. The Bertz CT molecular complexity index is 439. The number of carbonyl (C=O) groups is 1. The van der Waals surface area contributed by atoms with Crippen molar-refractivity contribution in [2.75, 3.05) is 44.2 Å². The van der Waals surface area contributed by atoms with Crippen molar-refractivity contribution in [3.8, 4) is 0 Å². The minimum Gasteiger partial charge on any atom is -0.393 e. The van der Waals surface area contributed by atoms with Crippen molar-refractivity contribution < 1.29 is 19.9 Å². The van der Waals surface area contributed by atoms with E-state index in [9.17, 15) is 9.90 Å². The van der Waals surface area contributed by atoms with Gasteiger partial charge in [-0.15, -0.1) is 0 Å². The SMILES string of the molecule is CC(=O)c1ccc(N2CC[NH+](C[C@@H](O)CO)CC2)cc1. The number of hydrogen-bond acceptors (Lipinski definition) is 4. The topological polar surface area (TPSA) is 65.2 Å². The van der Waals surface area contributed by atoms with Crippen molar-refractivity contribution in [1.29, 1.82) is 0 Å². The molecule has 1 heterocycles. The Hall–Kier alpha value is -1.43. The first-order chi connectivity index (χ1) is 9.60. The van der Waals surface area contributed by atoms with Gasteiger partial charge in [-0.2, -0.15) is 0 Å². The molecular formula is C15H23N2O3+. The fourth-order valence-electron chi connectivity index (χ4n) is 2.59. The second-order valence-corrected chi connectivity index (χ2v) is 5.38. The molecule has 0 unspecified atom stereocenters. The number of Topliss-reactive ketones (excluding diaryl/α,β-unsaturated/α-hetero) is 1. The standard InChI is InChI=1S/C15H22N2O3/c1-12(19)13-2-4-14(5-3-13)17-8-6-16(7-9-17)10-15(20)11-18/h2-5,15,18,20H,6-11H2,1H3/p+1/t15-/m1/s1. The number of anilines is 1. The zero-order valence-electron chi connectivity index (χ0n) is 11.9. The summed E-state index contributed by atoms with van der Waals surface area (Å²) in [6.45, 7) is 5.76. The van der Waals surface area contributed by atoms with E-state index in [1.54, 1.807) is 6.92 Å². The van der Waals surface area contributed by atoms with Crippen LogP contribution in [0.5, 0.6) is 0 Å². The second-order valence-electron chi connectivity index (χ2n) is 5.38. The van der Waals surface area contributed by atoms with Crippen LogP contribution in [0.3, 0.4) is 0 Å². The summed E-state index contributed by atoms with van der Waals surface area (Å²) in [7, 11) is 0. The quantitative estimate of drug-likeness (QED) is 0.602. The van der Waals surface area contributed by atoms with Crippen LogP contribution in [0.1, 0.15) is 17.3 Å². The second kappa shape index (κ2) is 6.83. The Kier molecular flexibility index (Phi) is 5.11. The first kappa shape index (κ1) is 15.0. The lowest BCUT2D eigenvalue weighted by Crippen LogP contribution is -3.16. The van der Waals surface area contributed by atoms with Gasteiger partial charge >= 0.3 is 0 Å². The molecule has 20 heavy (non-hydrogen) atoms. The van der Waals surface area contributed by atoms with E-state index < -0.39 is 6.10 Å². The zero-order valence-corrected chi connectivity index (χ0v) is 11.9. The van der Waals surface area contributed by atoms with Gasteiger partial charge in [0, 0.05) is 11.3 Å². The number of piperazine rings is 1. The van der Waals surface area contributed by atoms with E-state index in [1.165, 1.54) is 4.90 Å². The molecule has 3 N–H and O–H groups in total. The highest BCUT2D eigenvalue weighted by Crippen LogP contribution is 2.15. The highest BCUT2D eigenvalue weighted by molar-refractivity contribution is 5.94. The molecule has 1 aliphatic rings. The minimum atomic E-state index is -0.619. The summed E-state index contributed by atoms with van der Waals surface area (Å²) in [6.07, 6.45) is -0.619. The monoisotopic (exact) mass is 279 g/mol. The van der Waals surface area contributed by atoms with Crippen LogP contribution < -0.4 is 9.80 Å². The number of aliphatic hydroxyl groups is 2. The van der Waals surface area contributed by atoms with E-state index in [2.05, 4.69) is 4.90 Å². The number of nitrogens with one attached hydrogen (secondary N) is 1. The Balaban J connectivity index is 1.88. The van der Waals surface area contributed by atoms with Crippen LogP contribution in [0.25, 0.3) is 0 Å². The van der Waals surface area contributed by atoms with Crippen molar-refractivity contribution in [3.63, 3.8) is 0 Å². The van der Waals surface area contributed by atoms with Crippen LogP contribution in [0.2, 0.25) is 0 Å². The largest absolute Gasteiger partial charge is 0.393 e. The van der Waals surface area contributed by atoms with Crippen LogP contribution in [0.4, 0.5) is 5.69 Å². The third kappa shape index (κ3) is 3.79. The molecule has 5 nitrogen and oxygen atoms in total. The van der Waals surface area contributed by atoms with Gasteiger partial charge in [0.2, 0.25) is 0 Å². The van der Waals surface area contributed by atoms with E-state index in [-0.39, 0.29) is 12.4 Å². The lowest BCUT2D eigenvalue weighted by atomic mass is 10.1. The van der Waals surface area contributed by atoms with E-state index in [0.29, 0.717) is 6.54 Å². The average Bonchev–Trinajstić information content (AvgIpc) is 2.48. The fourth-order valence-corrected chi connectivity index (χ4v) is 2.59. The molecule has 0 saturated carbocycles. The van der Waals surface area contributed by atoms with Crippen LogP contribution in [-0.4, -0.2) is 61.4 Å². The highest BCUT2D eigenvalue weighted by Gasteiger charge is 2.22. The summed E-state index contributed by atoms with van der Waals surface area (Å²) in [4.78, 5) is 14.9. The summed E-state index contributed by atoms with van der Waals surface area (Å²) in [6, 6.07) is 7.72. The van der Waals surface area contributed by atoms with Gasteiger partial charge in [0.1, 0.15) is 12.6 Å². The molecule has 1 atom stereocenters. The van der Waals surface area contributed by atoms with Crippen LogP contribution in [-0.2, 0) is 0 Å². The highest BCUT2D eigenvalue weighted by atomic mass is 16.3. The molecule has 0 amide bonds. The summed E-state index contributed by atoms with van der Waals surface area (Å²) < 4.78 is 0. The molecule has 0 aliphatic carbocycles. The average molecular weight is 279 g/mol. The van der Waals surface area contributed by atoms with Gasteiger partial charge in [-0.1, -0.05) is 0 Å². The van der Waals surface area contributed by atoms with Gasteiger partial charge in [-0.25, -0.2) is 0 Å². The van der Waals surface area contributed by atoms with Crippen LogP contribution in [0.15, 0.2) is 24.3 Å². The predicted octanol–water partition coefficient (Wildman–Crippen LogP) is -1.05. The number of benzene rings is 1. The Morgan fingerprint density at radius 2 is 1.90 bits per heavy atom. The molecule has 1 saturated heterocycles. The van der Waals surface area contributed by atoms with E-state index in [0.717, 1.165) is 37.4 Å². The summed E-state index contributed by atoms with van der Waals surface area (Å²) >= 11 is 0. The molecule has 1 aromatic carbocycles. The van der Waals surface area contributed by atoms with E-state index in [4.69, 9.17) is 5.11 Å². The number of aliphatic hydroxyl groups excluding tert-OH is 2. The van der Waals surface area contributed by atoms with Gasteiger partial charge < -0.3 is 20.0 Å². The maximum atomic E-state index is 11.2. The molecule has 0 spiro atoms. The van der Waals surface area contributed by atoms with Crippen molar-refractivity contribution in [3.05, 3.63) is 29.8 Å². The number of carbonyl (C=O) groups excluding carboxylic acids is 1. The Morgan fingerprint density at radius 3 is 2.40 bits per heavy atom. The number of ketones is 1. The van der Waals surface area contributed by atoms with Crippen LogP contribution >= 0.6 is 0 Å². The maximum Gasteiger partial charge on any atom is 0.159 e. The maximum absolute atomic E-state index is 11.2. The number of nitrogens with zero attached hydrogens (tertiary/aromatic N) is 1. The first-order valence-corrected chi connectivity index (χ1v) is 7.08. The van der Waals surface area contributed by atoms with Gasteiger partial charge in [0.25, 0.3) is 0 Å². The number of rotatable bonds is 5. The van der Waals surface area contributed by atoms with Gasteiger partial charge in [0.15, 0.2) is 5.78 Å². The third-order valence-corrected chi connectivity index (χ3v) is 3.84. The summed E-state index contributed by atoms with van der Waals surface area (Å²) in [5, 5.41) is 18.3. The molecule has 1 aromatic rings. The molecule has 110 valence electrons. The lowest BCUT2D eigenvalue weighted by molar-refractivity contribution is -0.903. The number of hydrogen-bond donors (Lipinski definition) is 3. The summed E-state index contributed by atoms with van der Waals surface area (Å²) in [5.74, 6) is 0.0869. The molecule has 0 radical (unpaired) electrons. The molecule has 5 heteroatoms. The van der Waals surface area contributed by atoms with Gasteiger partial charge in [0.05, 0.1) is 32.8 Å². The minimum absolute atomic E-state index is 0.0869. The zero-order chi connectivity index (χ0) is 14.5. The van der Waals surface area contributed by atoms with Crippen molar-refractivity contribution in [2.45, 2.75) is 13.0 Å². The molecule has 1 aliphatic heterocycles. The molecule has 2 rings (SSSR count). The lowest BCUT2D eigenvalue weighted by Gasteiger charge is -2.34. The third-order valence-electron chi connectivity index (χ3n) is 3.84. The normalized spacial score (nSPS) is 18.1. The Labute approximate surface area is 119 Å². The Morgan fingerprint density at radius 1 is 1.30 bits per heavy atom. The van der Waals surface area contributed by atoms with Crippen molar-refractivity contribution in [1.82, 2.24) is 0 Å². The van der Waals surface area contributed by atoms with Crippen molar-refractivity contribution in [2.24, 2.45) is 0 Å². The summed E-state index contributed by atoms with van der Waals surface area (Å²) in [5.41, 5.74) is 1.88. The van der Waals surface area contributed by atoms with Gasteiger partial charge in [-0.05, 0) is 31.2 Å². The molecular weight excluding hydrogens is 256 g/mol. The fraction of sp³-hybridized carbons (Fsp3) is 0.533. The molecule has 0 bridgehead atoms. The number of quaternary nitrogens is 1. The first-order valence-electron chi connectivity index (χ1n) is 7.08. The predicted molar refractivity (Wildman–Crippen MR) is 77.3 cm³/mol. The van der Waals surface area contributed by atoms with Crippen LogP contribution in [0, 0.1) is 0 Å². The molecule has 0 aromatic heterocycles. The molecule has 1 fully saturated rings. The van der Waals surface area contributed by atoms with Crippen molar-refractivity contribution >= 4 is 11.5 Å². The van der Waals surface area contributed by atoms with E-state index in [1.807, 2.05) is 24.3 Å². The van der Waals surface area contributed by atoms with Gasteiger partial charge in [-0.3, -0.25) is 4.79 Å². The van der Waals surface area contributed by atoms with E-state index >= 15 is 0 Å².